The lowest BCUT2D eigenvalue weighted by Gasteiger charge is -2.35. The Bertz CT molecular complexity index is 556. The fraction of sp³-hybridized carbons (Fsp3) is 0.500. The van der Waals surface area contributed by atoms with Gasteiger partial charge in [-0.1, -0.05) is 44.3 Å². The van der Waals surface area contributed by atoms with Crippen molar-refractivity contribution in [3.05, 3.63) is 29.8 Å². The van der Waals surface area contributed by atoms with Crippen molar-refractivity contribution in [3.63, 3.8) is 0 Å². The van der Waals surface area contributed by atoms with Crippen LogP contribution in [0.3, 0.4) is 0 Å². The van der Waals surface area contributed by atoms with Crippen LogP contribution in [0.1, 0.15) is 32.3 Å². The van der Waals surface area contributed by atoms with Crippen molar-refractivity contribution in [2.75, 3.05) is 18.5 Å². The highest BCUT2D eigenvalue weighted by atomic mass is 32.1. The van der Waals surface area contributed by atoms with E-state index in [0.29, 0.717) is 18.1 Å². The molecule has 1 aromatic carbocycles. The molecule has 4 nitrogen and oxygen atoms in total. The molecule has 0 saturated heterocycles. The lowest BCUT2D eigenvalue weighted by Crippen LogP contribution is -2.45. The summed E-state index contributed by atoms with van der Waals surface area (Å²) in [6.07, 6.45) is 1.75. The van der Waals surface area contributed by atoms with Crippen LogP contribution in [0.4, 0.5) is 10.5 Å². The first-order valence-electron chi connectivity index (χ1n) is 7.23. The van der Waals surface area contributed by atoms with Gasteiger partial charge < -0.3 is 10.6 Å². The number of hydrogen-bond acceptors (Lipinski definition) is 2. The second-order valence-electron chi connectivity index (χ2n) is 6.27. The Balaban J connectivity index is 2.09. The number of para-hydroxylation sites is 1. The van der Waals surface area contributed by atoms with Gasteiger partial charge in [-0.3, -0.25) is 4.90 Å². The molecule has 1 aliphatic rings. The van der Waals surface area contributed by atoms with Crippen LogP contribution in [0.15, 0.2) is 24.3 Å². The summed E-state index contributed by atoms with van der Waals surface area (Å²) in [5.74, 6) is 0. The maximum Gasteiger partial charge on any atom is 0.324 e. The number of urea groups is 1. The molecule has 1 aliphatic heterocycles. The van der Waals surface area contributed by atoms with Gasteiger partial charge in [-0.2, -0.15) is 0 Å². The molecule has 0 spiro atoms. The van der Waals surface area contributed by atoms with Crippen LogP contribution in [0.2, 0.25) is 0 Å². The van der Waals surface area contributed by atoms with E-state index < -0.39 is 0 Å². The average molecular weight is 305 g/mol. The summed E-state index contributed by atoms with van der Waals surface area (Å²) in [5.41, 5.74) is 7.80. The largest absolute Gasteiger partial charge is 0.393 e. The number of thiocarbonyl (C=S) groups is 1. The smallest absolute Gasteiger partial charge is 0.324 e. The normalized spacial score (nSPS) is 15.1. The molecule has 5 heteroatoms. The highest BCUT2D eigenvalue weighted by molar-refractivity contribution is 7.80. The minimum atomic E-state index is -0.167. The van der Waals surface area contributed by atoms with Crippen LogP contribution in [0.5, 0.6) is 0 Å². The molecule has 21 heavy (non-hydrogen) atoms. The Hall–Kier alpha value is -1.62. The number of hydrogen-bond donors (Lipinski definition) is 1. The number of anilines is 1. The number of carbonyl (C=O) groups is 1. The number of nitrogens with zero attached hydrogens (tertiary/aromatic N) is 2. The third-order valence-corrected chi connectivity index (χ3v) is 4.65. The molecule has 114 valence electrons. The molecule has 0 radical (unpaired) electrons. The molecule has 1 heterocycles. The zero-order chi connectivity index (χ0) is 15.6. The number of amides is 2. The number of carbonyl (C=O) groups excluding carboxylic acids is 1. The topological polar surface area (TPSA) is 49.6 Å². The van der Waals surface area contributed by atoms with Gasteiger partial charge in [0.15, 0.2) is 0 Å². The lowest BCUT2D eigenvalue weighted by atomic mass is 9.88. The van der Waals surface area contributed by atoms with E-state index in [4.69, 9.17) is 18.0 Å². The summed E-state index contributed by atoms with van der Waals surface area (Å²) in [7, 11) is 1.84. The quantitative estimate of drug-likeness (QED) is 0.850. The van der Waals surface area contributed by atoms with Gasteiger partial charge in [0.1, 0.15) is 0 Å². The molecule has 0 bridgehead atoms. The Kier molecular flexibility index (Phi) is 4.52. The van der Waals surface area contributed by atoms with Gasteiger partial charge in [0, 0.05) is 25.6 Å². The Labute approximate surface area is 131 Å². The van der Waals surface area contributed by atoms with Crippen LogP contribution >= 0.6 is 12.2 Å². The third-order valence-electron chi connectivity index (χ3n) is 4.10. The molecule has 0 saturated carbocycles. The fourth-order valence-electron chi connectivity index (χ4n) is 2.56. The van der Waals surface area contributed by atoms with E-state index in [-0.39, 0.29) is 11.4 Å². The zero-order valence-corrected chi connectivity index (χ0v) is 13.7. The van der Waals surface area contributed by atoms with Gasteiger partial charge in [0.2, 0.25) is 0 Å². The van der Waals surface area contributed by atoms with Gasteiger partial charge in [-0.25, -0.2) is 4.79 Å². The van der Waals surface area contributed by atoms with E-state index >= 15 is 0 Å². The minimum absolute atomic E-state index is 0.0573. The van der Waals surface area contributed by atoms with Crippen LogP contribution in [0, 0.1) is 5.41 Å². The van der Waals surface area contributed by atoms with E-state index in [1.165, 1.54) is 5.56 Å². The maximum absolute atomic E-state index is 12.4. The van der Waals surface area contributed by atoms with Gasteiger partial charge in [-0.15, -0.1) is 0 Å². The average Bonchev–Trinajstić information content (AvgIpc) is 2.42. The molecule has 0 aromatic heterocycles. The highest BCUT2D eigenvalue weighted by Gasteiger charge is 2.28. The maximum atomic E-state index is 12.4. The fourth-order valence-corrected chi connectivity index (χ4v) is 2.66. The van der Waals surface area contributed by atoms with Crippen molar-refractivity contribution < 1.29 is 4.79 Å². The van der Waals surface area contributed by atoms with Crippen molar-refractivity contribution in [2.24, 2.45) is 11.1 Å². The van der Waals surface area contributed by atoms with Crippen molar-refractivity contribution in [3.8, 4) is 0 Å². The van der Waals surface area contributed by atoms with E-state index in [9.17, 15) is 4.79 Å². The number of benzene rings is 1. The SMILES string of the molecule is CN1Cc2ccccc2N(CCCC(C)(C)C(N)=S)C1=O. The minimum Gasteiger partial charge on any atom is -0.393 e. The summed E-state index contributed by atoms with van der Waals surface area (Å²) in [5, 5.41) is 0. The molecule has 0 aliphatic carbocycles. The summed E-state index contributed by atoms with van der Waals surface area (Å²) in [6, 6.07) is 8.13. The first-order valence-corrected chi connectivity index (χ1v) is 7.64. The lowest BCUT2D eigenvalue weighted by molar-refractivity contribution is 0.210. The first kappa shape index (κ1) is 15.8. The van der Waals surface area contributed by atoms with Crippen LogP contribution in [-0.2, 0) is 6.54 Å². The molecular weight excluding hydrogens is 282 g/mol. The summed E-state index contributed by atoms with van der Waals surface area (Å²) in [4.78, 5) is 16.5. The van der Waals surface area contributed by atoms with Crippen LogP contribution < -0.4 is 10.6 Å². The molecule has 0 fully saturated rings. The zero-order valence-electron chi connectivity index (χ0n) is 12.9. The van der Waals surface area contributed by atoms with Gasteiger partial charge in [-0.05, 0) is 24.5 Å². The molecule has 2 amide bonds. The Morgan fingerprint density at radius 3 is 2.71 bits per heavy atom. The molecule has 2 rings (SSSR count). The van der Waals surface area contributed by atoms with E-state index in [2.05, 4.69) is 6.07 Å². The van der Waals surface area contributed by atoms with E-state index in [1.807, 2.05) is 44.0 Å². The second-order valence-corrected chi connectivity index (χ2v) is 6.71. The summed E-state index contributed by atoms with van der Waals surface area (Å²) < 4.78 is 0. The molecular formula is C16H23N3OS. The summed E-state index contributed by atoms with van der Waals surface area (Å²) >= 11 is 5.10. The number of rotatable bonds is 5. The van der Waals surface area contributed by atoms with Crippen molar-refractivity contribution in [2.45, 2.75) is 33.2 Å². The standard InChI is InChI=1S/C16H23N3OS/c1-16(2,14(17)21)9-6-10-19-13-8-5-4-7-12(13)11-18(3)15(19)20/h4-5,7-8H,6,9-11H2,1-3H3,(H2,17,21). The van der Waals surface area contributed by atoms with Crippen LogP contribution in [-0.4, -0.2) is 29.5 Å². The third kappa shape index (κ3) is 3.35. The van der Waals surface area contributed by atoms with Crippen molar-refractivity contribution in [1.82, 2.24) is 4.90 Å². The molecule has 0 unspecified atom stereocenters. The Morgan fingerprint density at radius 2 is 2.05 bits per heavy atom. The van der Waals surface area contributed by atoms with Gasteiger partial charge in [0.05, 0.1) is 10.7 Å². The summed E-state index contributed by atoms with van der Waals surface area (Å²) in [6.45, 7) is 5.46. The highest BCUT2D eigenvalue weighted by Crippen LogP contribution is 2.29. The predicted octanol–water partition coefficient (Wildman–Crippen LogP) is 3.15. The molecule has 1 aromatic rings. The first-order chi connectivity index (χ1) is 9.83. The second kappa shape index (κ2) is 6.02. The van der Waals surface area contributed by atoms with E-state index in [0.717, 1.165) is 18.5 Å². The predicted molar refractivity (Wildman–Crippen MR) is 90.5 cm³/mol. The van der Waals surface area contributed by atoms with Crippen LogP contribution in [0.25, 0.3) is 0 Å². The Morgan fingerprint density at radius 1 is 1.38 bits per heavy atom. The number of nitrogens with two attached hydrogens (primary N) is 1. The molecule has 2 N–H and O–H groups in total. The van der Waals surface area contributed by atoms with Gasteiger partial charge >= 0.3 is 6.03 Å². The monoisotopic (exact) mass is 305 g/mol. The molecule has 0 atom stereocenters. The van der Waals surface area contributed by atoms with Gasteiger partial charge in [0.25, 0.3) is 0 Å². The van der Waals surface area contributed by atoms with Crippen molar-refractivity contribution in [1.29, 1.82) is 0 Å². The van der Waals surface area contributed by atoms with E-state index in [1.54, 1.807) is 4.90 Å². The van der Waals surface area contributed by atoms with Crippen molar-refractivity contribution >= 4 is 28.9 Å². The number of fused-ring (bicyclic) bond motifs is 1.